The van der Waals surface area contributed by atoms with Crippen LogP contribution in [0.3, 0.4) is 0 Å². The van der Waals surface area contributed by atoms with Gasteiger partial charge in [-0.2, -0.15) is 5.01 Å². The molecule has 1 aliphatic heterocycles. The SMILES string of the molecule is C[C@]1(O)O[C@H](CO)[C@@H](O)[C@H](O)[C@]1(O)NC(=O)N(CCCl)N=O. The normalized spacial score (nSPS) is 38.4. The third kappa shape index (κ3) is 3.30. The van der Waals surface area contributed by atoms with Gasteiger partial charge in [0.05, 0.1) is 18.4 Å². The first-order valence-corrected chi connectivity index (χ1v) is 6.76. The zero-order valence-corrected chi connectivity index (χ0v) is 12.3. The van der Waals surface area contributed by atoms with Crippen molar-refractivity contribution in [1.82, 2.24) is 10.3 Å². The van der Waals surface area contributed by atoms with Gasteiger partial charge in [0, 0.05) is 5.88 Å². The van der Waals surface area contributed by atoms with E-state index in [1.807, 2.05) is 0 Å². The van der Waals surface area contributed by atoms with Crippen molar-refractivity contribution in [2.45, 2.75) is 36.7 Å². The molecule has 0 radical (unpaired) electrons. The largest absolute Gasteiger partial charge is 0.394 e. The molecule has 1 aliphatic rings. The number of nitrogens with one attached hydrogen (secondary N) is 1. The predicted molar refractivity (Wildman–Crippen MR) is 71.3 cm³/mol. The molecular weight excluding hydrogens is 326 g/mol. The summed E-state index contributed by atoms with van der Waals surface area (Å²) in [6.45, 7) is -0.161. The number of urea groups is 1. The second kappa shape index (κ2) is 7.00. The van der Waals surface area contributed by atoms with Gasteiger partial charge in [-0.3, -0.25) is 0 Å². The molecule has 0 aromatic heterocycles. The Bertz CT molecular complexity index is 425. The van der Waals surface area contributed by atoms with Crippen LogP contribution in [0.5, 0.6) is 0 Å². The molecule has 1 fully saturated rings. The molecule has 11 nitrogen and oxygen atoms in total. The Balaban J connectivity index is 3.03. The topological polar surface area (TPSA) is 172 Å². The number of nitroso groups, excluding NO2 is 1. The zero-order valence-electron chi connectivity index (χ0n) is 11.6. The van der Waals surface area contributed by atoms with Gasteiger partial charge >= 0.3 is 6.03 Å². The molecule has 1 heterocycles. The van der Waals surface area contributed by atoms with Gasteiger partial charge in [-0.05, 0) is 6.92 Å². The van der Waals surface area contributed by atoms with Gasteiger partial charge in [0.2, 0.25) is 11.5 Å². The Morgan fingerprint density at radius 1 is 1.45 bits per heavy atom. The van der Waals surface area contributed by atoms with Crippen molar-refractivity contribution in [3.8, 4) is 0 Å². The van der Waals surface area contributed by atoms with Gasteiger partial charge in [-0.15, -0.1) is 16.5 Å². The van der Waals surface area contributed by atoms with E-state index in [1.54, 1.807) is 5.32 Å². The van der Waals surface area contributed by atoms with Gasteiger partial charge in [0.15, 0.2) is 0 Å². The first kappa shape index (κ1) is 19.0. The highest BCUT2D eigenvalue weighted by molar-refractivity contribution is 6.18. The maximum atomic E-state index is 11.8. The Morgan fingerprint density at radius 2 is 2.05 bits per heavy atom. The quantitative estimate of drug-likeness (QED) is 0.137. The number of nitrogens with zero attached hydrogens (tertiary/aromatic N) is 2. The summed E-state index contributed by atoms with van der Waals surface area (Å²) in [4.78, 5) is 22.3. The van der Waals surface area contributed by atoms with E-state index in [2.05, 4.69) is 5.29 Å². The summed E-state index contributed by atoms with van der Waals surface area (Å²) in [6.07, 6.45) is -5.34. The summed E-state index contributed by atoms with van der Waals surface area (Å²) in [5, 5.41) is 53.6. The Hall–Kier alpha value is -1.08. The fraction of sp³-hybridized carbons (Fsp3) is 0.900. The van der Waals surface area contributed by atoms with Gasteiger partial charge in [-0.1, -0.05) is 0 Å². The van der Waals surface area contributed by atoms with E-state index in [1.165, 1.54) is 0 Å². The molecule has 1 saturated heterocycles. The van der Waals surface area contributed by atoms with E-state index in [-0.39, 0.29) is 12.4 Å². The fourth-order valence-corrected chi connectivity index (χ4v) is 2.16. The van der Waals surface area contributed by atoms with Gasteiger partial charge in [0.1, 0.15) is 18.3 Å². The number of carbonyl (C=O) groups is 1. The molecule has 12 heteroatoms. The minimum Gasteiger partial charge on any atom is -0.394 e. The Kier molecular flexibility index (Phi) is 6.03. The van der Waals surface area contributed by atoms with Crippen molar-refractivity contribution in [2.75, 3.05) is 19.0 Å². The van der Waals surface area contributed by atoms with E-state index in [4.69, 9.17) is 21.4 Å². The summed E-state index contributed by atoms with van der Waals surface area (Å²) in [5.74, 6) is -2.72. The molecule has 22 heavy (non-hydrogen) atoms. The van der Waals surface area contributed by atoms with Crippen molar-refractivity contribution < 1.29 is 35.1 Å². The Labute approximate surface area is 130 Å². The van der Waals surface area contributed by atoms with E-state index >= 15 is 0 Å². The fourth-order valence-electron chi connectivity index (χ4n) is 2.00. The molecule has 2 amide bonds. The van der Waals surface area contributed by atoms with Crippen LogP contribution in [0.15, 0.2) is 5.29 Å². The number of hydrogen-bond donors (Lipinski definition) is 6. The number of alkyl halides is 1. The molecule has 0 unspecified atom stereocenters. The van der Waals surface area contributed by atoms with E-state index in [0.717, 1.165) is 6.92 Å². The van der Waals surface area contributed by atoms with Crippen LogP contribution in [0.4, 0.5) is 4.79 Å². The number of rotatable bonds is 5. The molecule has 0 saturated carbocycles. The smallest absolute Gasteiger partial charge is 0.342 e. The maximum Gasteiger partial charge on any atom is 0.342 e. The van der Waals surface area contributed by atoms with E-state index in [0.29, 0.717) is 5.01 Å². The molecule has 0 aromatic carbocycles. The number of hydrogen-bond acceptors (Lipinski definition) is 9. The van der Waals surface area contributed by atoms with Gasteiger partial charge in [-0.25, -0.2) is 4.79 Å². The van der Waals surface area contributed by atoms with Crippen LogP contribution in [0.25, 0.3) is 0 Å². The molecule has 0 bridgehead atoms. The summed E-state index contributed by atoms with van der Waals surface area (Å²) >= 11 is 5.37. The summed E-state index contributed by atoms with van der Waals surface area (Å²) < 4.78 is 4.87. The van der Waals surface area contributed by atoms with Crippen LogP contribution in [-0.4, -0.2) is 85.4 Å². The van der Waals surface area contributed by atoms with Crippen molar-refractivity contribution in [1.29, 1.82) is 0 Å². The average Bonchev–Trinajstić information content (AvgIpc) is 2.46. The second-order valence-corrected chi connectivity index (χ2v) is 5.23. The van der Waals surface area contributed by atoms with E-state index in [9.17, 15) is 30.1 Å². The third-order valence-electron chi connectivity index (χ3n) is 3.33. The summed E-state index contributed by atoms with van der Waals surface area (Å²) in [6, 6.07) is -1.28. The van der Waals surface area contributed by atoms with Gasteiger partial charge < -0.3 is 35.6 Å². The molecule has 1 rings (SSSR count). The molecule has 0 spiro atoms. The number of halogens is 1. The van der Waals surface area contributed by atoms with Crippen LogP contribution in [0.2, 0.25) is 0 Å². The Morgan fingerprint density at radius 3 is 2.50 bits per heavy atom. The highest BCUT2D eigenvalue weighted by Crippen LogP contribution is 2.34. The minimum absolute atomic E-state index is 0.137. The summed E-state index contributed by atoms with van der Waals surface area (Å²) in [7, 11) is 0. The third-order valence-corrected chi connectivity index (χ3v) is 3.50. The maximum absolute atomic E-state index is 11.8. The zero-order chi connectivity index (χ0) is 17.1. The predicted octanol–water partition coefficient (Wildman–Crippen LogP) is -2.57. The number of aliphatic hydroxyl groups excluding tert-OH is 3. The molecule has 0 aliphatic carbocycles. The van der Waals surface area contributed by atoms with E-state index < -0.39 is 42.5 Å². The first-order chi connectivity index (χ1) is 10.1. The van der Waals surface area contributed by atoms with Crippen molar-refractivity contribution >= 4 is 17.6 Å². The van der Waals surface area contributed by atoms with Crippen LogP contribution in [-0.2, 0) is 4.74 Å². The van der Waals surface area contributed by atoms with Crippen LogP contribution in [0.1, 0.15) is 6.92 Å². The highest BCUT2D eigenvalue weighted by Gasteiger charge is 2.62. The second-order valence-electron chi connectivity index (χ2n) is 4.85. The highest BCUT2D eigenvalue weighted by atomic mass is 35.5. The van der Waals surface area contributed by atoms with Crippen molar-refractivity contribution in [2.24, 2.45) is 5.29 Å². The van der Waals surface area contributed by atoms with Crippen molar-refractivity contribution in [3.63, 3.8) is 0 Å². The monoisotopic (exact) mass is 343 g/mol. The molecule has 6 N–H and O–H groups in total. The van der Waals surface area contributed by atoms with Gasteiger partial charge in [0.25, 0.3) is 0 Å². The lowest BCUT2D eigenvalue weighted by atomic mass is 9.87. The average molecular weight is 344 g/mol. The molecule has 5 atom stereocenters. The first-order valence-electron chi connectivity index (χ1n) is 6.23. The number of ether oxygens (including phenoxy) is 1. The van der Waals surface area contributed by atoms with Crippen LogP contribution in [0, 0.1) is 4.91 Å². The van der Waals surface area contributed by atoms with Crippen molar-refractivity contribution in [3.05, 3.63) is 4.91 Å². The minimum atomic E-state index is -2.87. The molecule has 128 valence electrons. The molecular formula is C10H18ClN3O8. The molecule has 0 aromatic rings. The lowest BCUT2D eigenvalue weighted by molar-refractivity contribution is -0.387. The lowest BCUT2D eigenvalue weighted by Gasteiger charge is -2.51. The number of carbonyl (C=O) groups excluding carboxylic acids is 1. The number of aliphatic hydroxyl groups is 5. The lowest BCUT2D eigenvalue weighted by Crippen LogP contribution is -2.78. The summed E-state index contributed by atoms with van der Waals surface area (Å²) in [5.41, 5.74) is -2.87. The number of amides is 2. The van der Waals surface area contributed by atoms with Crippen LogP contribution < -0.4 is 5.32 Å². The standard InChI is InChI=1S/C10H18ClN3O8/c1-9(19)10(20,7(17)6(16)5(4-15)22-9)12-8(18)14(13-21)3-2-11/h5-7,15-17,19-20H,2-4H2,1H3,(H,12,18)/t5-,6-,7+,9+,10-/m1/s1. The van der Waals surface area contributed by atoms with Crippen LogP contribution >= 0.6 is 11.6 Å².